The van der Waals surface area contributed by atoms with Gasteiger partial charge in [0, 0.05) is 12.3 Å². The molecule has 17 heavy (non-hydrogen) atoms. The Morgan fingerprint density at radius 1 is 1.24 bits per heavy atom. The minimum absolute atomic E-state index is 0.116. The monoisotopic (exact) mass is 232 g/mol. The van der Waals surface area contributed by atoms with Crippen LogP contribution >= 0.6 is 0 Å². The number of benzene rings is 1. The van der Waals surface area contributed by atoms with Crippen molar-refractivity contribution in [2.45, 2.75) is 19.8 Å². The highest BCUT2D eigenvalue weighted by Gasteiger charge is 2.48. The lowest BCUT2D eigenvalue weighted by atomic mass is 10.1. The molecule has 0 amide bonds. The van der Waals surface area contributed by atoms with E-state index in [1.807, 2.05) is 30.3 Å². The van der Waals surface area contributed by atoms with Gasteiger partial charge in [-0.25, -0.2) is 0 Å². The van der Waals surface area contributed by atoms with Crippen LogP contribution in [-0.4, -0.2) is 18.4 Å². The van der Waals surface area contributed by atoms with Gasteiger partial charge in [-0.15, -0.1) is 0 Å². The molecule has 3 nitrogen and oxygen atoms in total. The minimum Gasteiger partial charge on any atom is -0.466 e. The van der Waals surface area contributed by atoms with Crippen LogP contribution in [-0.2, 0) is 20.7 Å². The van der Waals surface area contributed by atoms with Crippen LogP contribution in [0.2, 0.25) is 0 Å². The summed E-state index contributed by atoms with van der Waals surface area (Å²) in [6.07, 6.45) is 1.08. The lowest BCUT2D eigenvalue weighted by molar-refractivity contribution is -0.145. The van der Waals surface area contributed by atoms with Crippen LogP contribution in [0.3, 0.4) is 0 Å². The molecule has 1 aromatic rings. The van der Waals surface area contributed by atoms with Crippen LogP contribution in [0.5, 0.6) is 0 Å². The van der Waals surface area contributed by atoms with E-state index in [9.17, 15) is 9.59 Å². The zero-order chi connectivity index (χ0) is 12.3. The normalized spacial score (nSPS) is 21.9. The fourth-order valence-electron chi connectivity index (χ4n) is 1.99. The predicted octanol–water partition coefficient (Wildman–Crippen LogP) is 2.00. The van der Waals surface area contributed by atoms with Crippen LogP contribution in [0.1, 0.15) is 18.9 Å². The molecule has 0 radical (unpaired) electrons. The second-order valence-electron chi connectivity index (χ2n) is 4.33. The molecule has 90 valence electrons. The molecule has 1 fully saturated rings. The molecule has 3 heteroatoms. The molecule has 0 saturated heterocycles. The van der Waals surface area contributed by atoms with Crippen LogP contribution in [0.25, 0.3) is 0 Å². The van der Waals surface area contributed by atoms with Crippen LogP contribution in [0.15, 0.2) is 30.3 Å². The molecule has 1 saturated carbocycles. The van der Waals surface area contributed by atoms with Crippen molar-refractivity contribution in [2.75, 3.05) is 6.61 Å². The van der Waals surface area contributed by atoms with Gasteiger partial charge in [0.1, 0.15) is 5.78 Å². The Bertz CT molecular complexity index is 411. The zero-order valence-corrected chi connectivity index (χ0v) is 9.89. The van der Waals surface area contributed by atoms with Crippen molar-refractivity contribution >= 4 is 11.8 Å². The van der Waals surface area contributed by atoms with Gasteiger partial charge < -0.3 is 4.74 Å². The number of carbonyl (C=O) groups is 2. The zero-order valence-electron chi connectivity index (χ0n) is 9.89. The van der Waals surface area contributed by atoms with Gasteiger partial charge in [-0.3, -0.25) is 9.59 Å². The van der Waals surface area contributed by atoms with Gasteiger partial charge in [0.25, 0.3) is 0 Å². The maximum absolute atomic E-state index is 11.9. The van der Waals surface area contributed by atoms with Crippen molar-refractivity contribution in [3.63, 3.8) is 0 Å². The van der Waals surface area contributed by atoms with Crippen LogP contribution in [0, 0.1) is 11.8 Å². The molecular weight excluding hydrogens is 216 g/mol. The Kier molecular flexibility index (Phi) is 3.57. The van der Waals surface area contributed by atoms with E-state index in [1.165, 1.54) is 0 Å². The third-order valence-electron chi connectivity index (χ3n) is 3.01. The number of ether oxygens (including phenoxy) is 1. The van der Waals surface area contributed by atoms with Crippen LogP contribution in [0.4, 0.5) is 0 Å². The summed E-state index contributed by atoms with van der Waals surface area (Å²) in [5.74, 6) is -0.381. The molecule has 2 atom stereocenters. The first-order chi connectivity index (χ1) is 8.22. The largest absolute Gasteiger partial charge is 0.466 e. The highest BCUT2D eigenvalue weighted by molar-refractivity contribution is 5.92. The van der Waals surface area contributed by atoms with Gasteiger partial charge in [0.15, 0.2) is 0 Å². The molecule has 1 aliphatic rings. The molecular formula is C14H16O3. The van der Waals surface area contributed by atoms with Crippen LogP contribution < -0.4 is 0 Å². The molecule has 0 N–H and O–H groups in total. The standard InChI is InChI=1S/C14H16O3/c1-2-17-14(16)12-9-11(12)13(15)8-10-6-4-3-5-7-10/h3-7,11-12H,2,8-9H2,1H3. The fourth-order valence-corrected chi connectivity index (χ4v) is 1.99. The summed E-state index contributed by atoms with van der Waals surface area (Å²) in [5, 5.41) is 0. The maximum Gasteiger partial charge on any atom is 0.309 e. The molecule has 1 aliphatic carbocycles. The lowest BCUT2D eigenvalue weighted by Crippen LogP contribution is -2.13. The van der Waals surface area contributed by atoms with E-state index in [0.717, 1.165) is 5.56 Å². The van der Waals surface area contributed by atoms with Gasteiger partial charge in [-0.05, 0) is 18.9 Å². The fraction of sp³-hybridized carbons (Fsp3) is 0.429. The lowest BCUT2D eigenvalue weighted by Gasteiger charge is -2.01. The third-order valence-corrected chi connectivity index (χ3v) is 3.01. The maximum atomic E-state index is 11.9. The topological polar surface area (TPSA) is 43.4 Å². The number of hydrogen-bond donors (Lipinski definition) is 0. The highest BCUT2D eigenvalue weighted by atomic mass is 16.5. The molecule has 0 spiro atoms. The van der Waals surface area contributed by atoms with E-state index in [2.05, 4.69) is 0 Å². The number of Topliss-reactive ketones (excluding diaryl/α,β-unsaturated/α-hetero) is 1. The van der Waals surface area contributed by atoms with E-state index in [1.54, 1.807) is 6.92 Å². The second-order valence-corrected chi connectivity index (χ2v) is 4.33. The summed E-state index contributed by atoms with van der Waals surface area (Å²) in [6.45, 7) is 2.16. The minimum atomic E-state index is -0.223. The number of hydrogen-bond acceptors (Lipinski definition) is 3. The van der Waals surface area contributed by atoms with Gasteiger partial charge in [-0.2, -0.15) is 0 Å². The third kappa shape index (κ3) is 2.93. The van der Waals surface area contributed by atoms with Crippen molar-refractivity contribution in [3.8, 4) is 0 Å². The Hall–Kier alpha value is -1.64. The number of rotatable bonds is 5. The quantitative estimate of drug-likeness (QED) is 0.729. The predicted molar refractivity (Wildman–Crippen MR) is 63.4 cm³/mol. The second kappa shape index (κ2) is 5.13. The molecule has 0 aliphatic heterocycles. The van der Waals surface area contributed by atoms with E-state index < -0.39 is 0 Å². The average Bonchev–Trinajstić information content (AvgIpc) is 3.10. The van der Waals surface area contributed by atoms with Crippen molar-refractivity contribution in [1.29, 1.82) is 0 Å². The van der Waals surface area contributed by atoms with E-state index in [4.69, 9.17) is 4.74 Å². The Balaban J connectivity index is 1.85. The number of carbonyl (C=O) groups excluding carboxylic acids is 2. The molecule has 2 rings (SSSR count). The van der Waals surface area contributed by atoms with Crippen molar-refractivity contribution in [2.24, 2.45) is 11.8 Å². The van der Waals surface area contributed by atoms with Gasteiger partial charge in [0.2, 0.25) is 0 Å². The SMILES string of the molecule is CCOC(=O)C1CC1C(=O)Cc1ccccc1. The summed E-state index contributed by atoms with van der Waals surface area (Å²) in [6, 6.07) is 9.61. The smallest absolute Gasteiger partial charge is 0.309 e. The van der Waals surface area contributed by atoms with Crippen molar-refractivity contribution < 1.29 is 14.3 Å². The molecule has 0 bridgehead atoms. The first-order valence-corrected chi connectivity index (χ1v) is 5.95. The van der Waals surface area contributed by atoms with E-state index >= 15 is 0 Å². The molecule has 1 aromatic carbocycles. The summed E-state index contributed by atoms with van der Waals surface area (Å²) in [5.41, 5.74) is 1.01. The Morgan fingerprint density at radius 3 is 2.59 bits per heavy atom. The number of esters is 1. The Morgan fingerprint density at radius 2 is 1.94 bits per heavy atom. The summed E-state index contributed by atoms with van der Waals surface area (Å²) < 4.78 is 4.91. The van der Waals surface area contributed by atoms with Gasteiger partial charge in [0.05, 0.1) is 12.5 Å². The number of ketones is 1. The average molecular weight is 232 g/mol. The first-order valence-electron chi connectivity index (χ1n) is 5.95. The molecule has 2 unspecified atom stereocenters. The summed E-state index contributed by atoms with van der Waals surface area (Å²) >= 11 is 0. The Labute approximate surface area is 101 Å². The van der Waals surface area contributed by atoms with E-state index in [-0.39, 0.29) is 23.6 Å². The highest BCUT2D eigenvalue weighted by Crippen LogP contribution is 2.40. The van der Waals surface area contributed by atoms with Crippen molar-refractivity contribution in [3.05, 3.63) is 35.9 Å². The van der Waals surface area contributed by atoms with Crippen molar-refractivity contribution in [1.82, 2.24) is 0 Å². The first kappa shape index (κ1) is 11.8. The summed E-state index contributed by atoms with van der Waals surface area (Å²) in [4.78, 5) is 23.3. The van der Waals surface area contributed by atoms with Gasteiger partial charge in [-0.1, -0.05) is 30.3 Å². The molecule has 0 heterocycles. The van der Waals surface area contributed by atoms with Gasteiger partial charge >= 0.3 is 5.97 Å². The van der Waals surface area contributed by atoms with E-state index in [0.29, 0.717) is 19.4 Å². The summed E-state index contributed by atoms with van der Waals surface area (Å²) in [7, 11) is 0. The molecule has 0 aromatic heterocycles.